The fourth-order valence-corrected chi connectivity index (χ4v) is 7.03. The number of rotatable bonds is 8. The lowest BCUT2D eigenvalue weighted by atomic mass is 9.63. The van der Waals surface area contributed by atoms with E-state index in [1.54, 1.807) is 12.1 Å². The Morgan fingerprint density at radius 1 is 0.884 bits per heavy atom. The molecule has 0 unspecified atom stereocenters. The van der Waals surface area contributed by atoms with Gasteiger partial charge in [0, 0.05) is 11.6 Å². The van der Waals surface area contributed by atoms with E-state index in [1.807, 2.05) is 0 Å². The van der Waals surface area contributed by atoms with Crippen molar-refractivity contribution in [1.29, 1.82) is 0 Å². The highest BCUT2D eigenvalue weighted by atomic mass is 35.5. The molecule has 10 nitrogen and oxygen atoms in total. The lowest BCUT2D eigenvalue weighted by Gasteiger charge is -2.37. The summed E-state index contributed by atoms with van der Waals surface area (Å²) in [7, 11) is 0. The molecule has 5 aliphatic rings. The second kappa shape index (κ2) is 10.2. The molecule has 216 valence electrons. The highest BCUT2D eigenvalue weighted by molar-refractivity contribution is 6.32. The van der Waals surface area contributed by atoms with Gasteiger partial charge in [0.25, 0.3) is 0 Å². The third kappa shape index (κ3) is 4.49. The highest BCUT2D eigenvalue weighted by Crippen LogP contribution is 2.65. The van der Waals surface area contributed by atoms with Crippen LogP contribution in [0.4, 0.5) is 11.4 Å². The molecule has 3 aromatic carbocycles. The van der Waals surface area contributed by atoms with Crippen LogP contribution >= 0.6 is 11.6 Å². The van der Waals surface area contributed by atoms with Crippen LogP contribution in [0.25, 0.3) is 0 Å². The molecule has 43 heavy (non-hydrogen) atoms. The van der Waals surface area contributed by atoms with Gasteiger partial charge < -0.3 is 9.47 Å². The molecule has 1 aliphatic heterocycles. The number of halogens is 1. The summed E-state index contributed by atoms with van der Waals surface area (Å²) in [5.74, 6) is -0.809. The number of esters is 1. The number of nitrogens with zero attached hydrogens (tertiary/aromatic N) is 2. The van der Waals surface area contributed by atoms with Crippen LogP contribution in [0.15, 0.2) is 78.9 Å². The Morgan fingerprint density at radius 3 is 2.09 bits per heavy atom. The standard InChI is InChI=1S/C32H23ClN2O8/c33-24-2-1-3-25(35(40)41)29(24)43-19-10-6-16(7-11-19)26(36)15-42-32(39)17-4-8-18(9-5-17)34-30(37)27-20-12-13-21(23-14-22(20)23)28(27)31(34)38/h1-13,20-23,27-28H,14-15H2/t20-,21-,22-,23-,27+,28+/m0/s1. The van der Waals surface area contributed by atoms with Gasteiger partial charge in [-0.15, -0.1) is 0 Å². The average molecular weight is 599 g/mol. The van der Waals surface area contributed by atoms with E-state index >= 15 is 0 Å². The van der Waals surface area contributed by atoms with Gasteiger partial charge in [-0.3, -0.25) is 29.4 Å². The number of ketones is 1. The number of nitro groups is 1. The molecule has 2 bridgehead atoms. The van der Waals surface area contributed by atoms with E-state index in [0.717, 1.165) is 6.42 Å². The van der Waals surface area contributed by atoms with Crippen molar-refractivity contribution in [3.05, 3.63) is 105 Å². The molecule has 0 N–H and O–H groups in total. The number of hydrogen-bond donors (Lipinski definition) is 0. The molecule has 3 aromatic rings. The van der Waals surface area contributed by atoms with Gasteiger partial charge in [-0.2, -0.15) is 0 Å². The fourth-order valence-electron chi connectivity index (χ4n) is 6.82. The van der Waals surface area contributed by atoms with Crippen LogP contribution in [-0.2, 0) is 14.3 Å². The number of carbonyl (C=O) groups is 4. The molecular formula is C32H23ClN2O8. The van der Waals surface area contributed by atoms with E-state index in [0.29, 0.717) is 17.5 Å². The van der Waals surface area contributed by atoms with Crippen LogP contribution < -0.4 is 9.64 Å². The first kappa shape index (κ1) is 27.0. The van der Waals surface area contributed by atoms with Crippen molar-refractivity contribution < 1.29 is 33.6 Å². The second-order valence-electron chi connectivity index (χ2n) is 11.2. The summed E-state index contributed by atoms with van der Waals surface area (Å²) in [6, 6.07) is 16.0. The molecule has 8 rings (SSSR count). The number of benzene rings is 3. The fraction of sp³-hybridized carbons (Fsp3) is 0.250. The van der Waals surface area contributed by atoms with Crippen molar-refractivity contribution in [3.63, 3.8) is 0 Å². The van der Waals surface area contributed by atoms with Crippen LogP contribution in [0.5, 0.6) is 11.5 Å². The normalized spacial score (nSPS) is 26.1. The molecule has 6 atom stereocenters. The molecule has 3 fully saturated rings. The van der Waals surface area contributed by atoms with Crippen LogP contribution in [0.3, 0.4) is 0 Å². The Bertz CT molecular complexity index is 1700. The zero-order valence-electron chi connectivity index (χ0n) is 22.4. The maximum absolute atomic E-state index is 13.3. The number of imide groups is 1. The Morgan fingerprint density at radius 2 is 1.49 bits per heavy atom. The summed E-state index contributed by atoms with van der Waals surface area (Å²) in [6.07, 6.45) is 5.32. The summed E-state index contributed by atoms with van der Waals surface area (Å²) in [5, 5.41) is 11.3. The average Bonchev–Trinajstić information content (AvgIpc) is 3.79. The second-order valence-corrected chi connectivity index (χ2v) is 11.6. The minimum Gasteiger partial charge on any atom is -0.454 e. The van der Waals surface area contributed by atoms with E-state index in [1.165, 1.54) is 59.5 Å². The van der Waals surface area contributed by atoms with E-state index < -0.39 is 23.3 Å². The molecule has 1 heterocycles. The van der Waals surface area contributed by atoms with Crippen molar-refractivity contribution in [2.75, 3.05) is 11.5 Å². The Kier molecular flexibility index (Phi) is 6.39. The number of hydrogen-bond acceptors (Lipinski definition) is 8. The van der Waals surface area contributed by atoms with Crippen molar-refractivity contribution in [1.82, 2.24) is 0 Å². The van der Waals surface area contributed by atoms with Crippen LogP contribution in [-0.4, -0.2) is 35.1 Å². The van der Waals surface area contributed by atoms with Gasteiger partial charge in [0.1, 0.15) is 5.75 Å². The summed E-state index contributed by atoms with van der Waals surface area (Å²) in [5.41, 5.74) is 0.512. The predicted molar refractivity (Wildman–Crippen MR) is 153 cm³/mol. The first-order valence-corrected chi connectivity index (χ1v) is 14.2. The summed E-state index contributed by atoms with van der Waals surface area (Å²) in [6.45, 7) is -0.526. The number of ether oxygens (including phenoxy) is 2. The SMILES string of the molecule is O=C(COC(=O)c1ccc(N2C(=O)[C@@H]3[C@H]4C=C[C@@H]([C@@H]5C[C@@H]45)[C@H]3C2=O)cc1)c1ccc(Oc2c(Cl)cccc2[N+](=O)[O-])cc1. The molecule has 1 saturated heterocycles. The van der Waals surface area contributed by atoms with E-state index in [2.05, 4.69) is 12.2 Å². The molecule has 2 saturated carbocycles. The lowest BCUT2D eigenvalue weighted by molar-refractivity contribution is -0.385. The van der Waals surface area contributed by atoms with Gasteiger partial charge in [-0.25, -0.2) is 4.79 Å². The van der Waals surface area contributed by atoms with E-state index in [4.69, 9.17) is 21.1 Å². The molecular weight excluding hydrogens is 576 g/mol. The third-order valence-electron chi connectivity index (χ3n) is 8.90. The zero-order valence-corrected chi connectivity index (χ0v) is 23.2. The number of allylic oxidation sites excluding steroid dienone is 2. The topological polar surface area (TPSA) is 133 Å². The highest BCUT2D eigenvalue weighted by Gasteiger charge is 2.67. The van der Waals surface area contributed by atoms with Gasteiger partial charge in [0.15, 0.2) is 12.4 Å². The van der Waals surface area contributed by atoms with Gasteiger partial charge in [0.2, 0.25) is 17.6 Å². The minimum absolute atomic E-state index is 0.0615. The monoisotopic (exact) mass is 598 g/mol. The quantitative estimate of drug-likeness (QED) is 0.0812. The van der Waals surface area contributed by atoms with E-state index in [9.17, 15) is 29.3 Å². The van der Waals surface area contributed by atoms with Gasteiger partial charge in [0.05, 0.1) is 33.0 Å². The number of nitro benzene ring substituents is 1. The molecule has 11 heteroatoms. The third-order valence-corrected chi connectivity index (χ3v) is 9.20. The first-order valence-electron chi connectivity index (χ1n) is 13.8. The van der Waals surface area contributed by atoms with Crippen molar-refractivity contribution in [3.8, 4) is 11.5 Å². The predicted octanol–water partition coefficient (Wildman–Crippen LogP) is 5.64. The number of Topliss-reactive ketones (excluding diaryl/α,β-unsaturated/α-hetero) is 1. The maximum atomic E-state index is 13.3. The first-order chi connectivity index (χ1) is 20.7. The Hall–Kier alpha value is -4.83. The molecule has 4 aliphatic carbocycles. The van der Waals surface area contributed by atoms with Crippen LogP contribution in [0, 0.1) is 45.6 Å². The maximum Gasteiger partial charge on any atom is 0.338 e. The summed E-state index contributed by atoms with van der Waals surface area (Å²) in [4.78, 5) is 63.8. The van der Waals surface area contributed by atoms with E-state index in [-0.39, 0.29) is 68.8 Å². The lowest BCUT2D eigenvalue weighted by Crippen LogP contribution is -2.40. The number of amides is 2. The zero-order chi connectivity index (χ0) is 30.0. The number of carbonyl (C=O) groups excluding carboxylic acids is 4. The molecule has 0 aromatic heterocycles. The summed E-state index contributed by atoms with van der Waals surface area (Å²) >= 11 is 6.06. The smallest absolute Gasteiger partial charge is 0.338 e. The molecule has 2 amide bonds. The number of para-hydroxylation sites is 1. The van der Waals surface area contributed by atoms with Gasteiger partial charge >= 0.3 is 11.7 Å². The van der Waals surface area contributed by atoms with Crippen LogP contribution in [0.1, 0.15) is 27.1 Å². The molecule has 0 spiro atoms. The molecule has 0 radical (unpaired) electrons. The van der Waals surface area contributed by atoms with Crippen molar-refractivity contribution in [2.45, 2.75) is 6.42 Å². The Labute approximate surface area is 250 Å². The van der Waals surface area contributed by atoms with Gasteiger partial charge in [-0.05, 0) is 84.7 Å². The van der Waals surface area contributed by atoms with Crippen LogP contribution in [0.2, 0.25) is 5.02 Å². The number of anilines is 1. The largest absolute Gasteiger partial charge is 0.454 e. The van der Waals surface area contributed by atoms with Crippen molar-refractivity contribution in [2.24, 2.45) is 35.5 Å². The minimum atomic E-state index is -0.735. The van der Waals surface area contributed by atoms with Crippen molar-refractivity contribution >= 4 is 46.5 Å². The van der Waals surface area contributed by atoms with Gasteiger partial charge in [-0.1, -0.05) is 29.8 Å². The Balaban J connectivity index is 0.967. The summed E-state index contributed by atoms with van der Waals surface area (Å²) < 4.78 is 10.8.